The maximum absolute atomic E-state index is 8.56. The van der Waals surface area contributed by atoms with Gasteiger partial charge in [-0.15, -0.1) is 0 Å². The fraction of sp³-hybridized carbons (Fsp3) is 0.500. The molecule has 0 fully saturated rings. The molecule has 0 aromatic carbocycles. The second kappa shape index (κ2) is 17.0. The van der Waals surface area contributed by atoms with Crippen molar-refractivity contribution in [2.24, 2.45) is 5.73 Å². The summed E-state index contributed by atoms with van der Waals surface area (Å²) in [4.78, 5) is 8.56. The molecular weight excluding hydrogens is 214 g/mol. The first-order valence-electron chi connectivity index (χ1n) is 2.56. The Hall–Kier alpha value is 0.714. The maximum atomic E-state index is 8.56. The Balaban J connectivity index is -0.0000000965. The van der Waals surface area contributed by atoms with Crippen molar-refractivity contribution in [1.82, 2.24) is 0 Å². The predicted molar refractivity (Wildman–Crippen MR) is 36.6 cm³/mol. The van der Waals surface area contributed by atoms with Crippen molar-refractivity contribution in [3.05, 3.63) is 0 Å². The van der Waals surface area contributed by atoms with Crippen molar-refractivity contribution in [2.45, 2.75) is 13.3 Å². The van der Waals surface area contributed by atoms with Gasteiger partial charge in [-0.25, -0.2) is 4.79 Å². The van der Waals surface area contributed by atoms with Gasteiger partial charge in [0.2, 0.25) is 0 Å². The third kappa shape index (κ3) is 110. The summed E-state index contributed by atoms with van der Waals surface area (Å²) in [5.74, 6) is 0. The van der Waals surface area contributed by atoms with Gasteiger partial charge in [0.15, 0.2) is 0 Å². The summed E-state index contributed by atoms with van der Waals surface area (Å²) in [5, 5.41) is 13.9. The summed E-state index contributed by atoms with van der Waals surface area (Å²) in [6, 6.07) is 0. The molecule has 0 saturated carbocycles. The van der Waals surface area contributed by atoms with Crippen LogP contribution in [0.25, 0.3) is 0 Å². The van der Waals surface area contributed by atoms with Gasteiger partial charge >= 0.3 is 85.9 Å². The molecule has 4 N–H and O–H groups in total. The Bertz CT molecular complexity index is 117. The van der Waals surface area contributed by atoms with Gasteiger partial charge in [0.25, 0.3) is 0 Å². The molecule has 0 aliphatic carbocycles. The summed E-state index contributed by atoms with van der Waals surface area (Å²) < 4.78 is 9.38. The third-order valence-corrected chi connectivity index (χ3v) is 1.23. The third-order valence-electron chi connectivity index (χ3n) is 0.454. The first kappa shape index (κ1) is 17.7. The van der Waals surface area contributed by atoms with Crippen molar-refractivity contribution in [3.8, 4) is 0 Å². The molecule has 0 heterocycles. The van der Waals surface area contributed by atoms with Crippen LogP contribution >= 0.6 is 0 Å². The van der Waals surface area contributed by atoms with Gasteiger partial charge in [-0.3, -0.25) is 0 Å². The van der Waals surface area contributed by atoms with E-state index in [0.717, 1.165) is 63.8 Å². The molecular formula is C4H9CaNO4Ti. The Labute approximate surface area is 99.8 Å². The first-order valence-corrected chi connectivity index (χ1v) is 4.30. The second-order valence-corrected chi connectivity index (χ2v) is 2.71. The zero-order valence-electron chi connectivity index (χ0n) is 6.20. The minimum absolute atomic E-state index is 0.750. The van der Waals surface area contributed by atoms with Crippen LogP contribution in [0.15, 0.2) is 0 Å². The molecule has 0 atom stereocenters. The van der Waals surface area contributed by atoms with Crippen LogP contribution in [-0.2, 0) is 23.7 Å². The second-order valence-electron chi connectivity index (χ2n) is 1.29. The van der Waals surface area contributed by atoms with E-state index < -0.39 is 6.16 Å². The van der Waals surface area contributed by atoms with Crippen LogP contribution in [0.1, 0.15) is 13.3 Å². The molecule has 0 amide bonds. The zero-order chi connectivity index (χ0) is 9.86. The van der Waals surface area contributed by atoms with Crippen molar-refractivity contribution in [1.29, 1.82) is 0 Å². The van der Waals surface area contributed by atoms with Gasteiger partial charge in [-0.1, -0.05) is 0 Å². The van der Waals surface area contributed by atoms with Crippen LogP contribution in [-0.4, -0.2) is 53.3 Å². The van der Waals surface area contributed by atoms with Crippen LogP contribution in [0, 0.1) is 0 Å². The molecule has 7 heteroatoms. The molecule has 0 aromatic rings. The van der Waals surface area contributed by atoms with Gasteiger partial charge in [0, 0.05) is 0 Å². The first-order chi connectivity index (χ1) is 5.00. The SMILES string of the molecule is CC[C](N)=[Ca].O=C(O)O.[O]=[Ti]. The van der Waals surface area contributed by atoms with Crippen molar-refractivity contribution < 1.29 is 38.7 Å². The van der Waals surface area contributed by atoms with E-state index in [9.17, 15) is 0 Å². The predicted octanol–water partition coefficient (Wildman–Crippen LogP) is -0.245. The summed E-state index contributed by atoms with van der Waals surface area (Å²) in [5.41, 5.74) is 5.26. The molecule has 0 saturated heterocycles. The van der Waals surface area contributed by atoms with E-state index in [4.69, 9.17) is 24.1 Å². The normalized spacial score (nSPS) is 6.00. The number of hydrogen-bond donors (Lipinski definition) is 3. The molecule has 5 nitrogen and oxygen atoms in total. The monoisotopic (exact) mass is 223 g/mol. The molecule has 11 heavy (non-hydrogen) atoms. The molecule has 0 spiro atoms. The quantitative estimate of drug-likeness (QED) is 0.532. The molecule has 0 aromatic heterocycles. The van der Waals surface area contributed by atoms with Gasteiger partial charge in [0.1, 0.15) is 0 Å². The fourth-order valence-electron chi connectivity index (χ4n) is 0. The van der Waals surface area contributed by atoms with Crippen LogP contribution in [0.2, 0.25) is 0 Å². The van der Waals surface area contributed by atoms with Crippen LogP contribution < -0.4 is 5.73 Å². The van der Waals surface area contributed by atoms with E-state index in [1.165, 1.54) is 0 Å². The van der Waals surface area contributed by atoms with E-state index in [1.54, 1.807) is 0 Å². The summed E-state index contributed by atoms with van der Waals surface area (Å²) in [6.07, 6.45) is -0.778. The molecule has 60 valence electrons. The molecule has 0 bridgehead atoms. The van der Waals surface area contributed by atoms with Gasteiger partial charge < -0.3 is 10.2 Å². The number of rotatable bonds is 1. The molecule has 0 aliphatic rings. The van der Waals surface area contributed by atoms with Gasteiger partial charge in [-0.2, -0.15) is 0 Å². The fourth-order valence-corrected chi connectivity index (χ4v) is 0. The zero-order valence-corrected chi connectivity index (χ0v) is 9.97. The van der Waals surface area contributed by atoms with Gasteiger partial charge in [-0.05, 0) is 0 Å². The van der Waals surface area contributed by atoms with E-state index in [1.807, 2.05) is 0 Å². The summed E-state index contributed by atoms with van der Waals surface area (Å²) in [7, 11) is 0. The Morgan fingerprint density at radius 2 is 1.64 bits per heavy atom. The van der Waals surface area contributed by atoms with E-state index in [-0.39, 0.29) is 0 Å². The van der Waals surface area contributed by atoms with Crippen molar-refractivity contribution >= 4 is 43.1 Å². The number of hydrogen-bond acceptors (Lipinski definition) is 3. The Morgan fingerprint density at radius 3 is 1.64 bits per heavy atom. The summed E-state index contributed by atoms with van der Waals surface area (Å²) in [6.45, 7) is 2.07. The van der Waals surface area contributed by atoms with Crippen molar-refractivity contribution in [3.63, 3.8) is 0 Å². The van der Waals surface area contributed by atoms with E-state index in [0.29, 0.717) is 0 Å². The standard InChI is InChI=1S/C3H7N.CH2O3.Ca.O.Ti/c1-2-3-4;2-1(3)4;;;/h2,4H2,1H3;(H2,2,3,4);;;. The molecule has 0 unspecified atom stereocenters. The Kier molecular flexibility index (Phi) is 27.4. The number of carboxylic acid groups (broad SMARTS) is 2. The van der Waals surface area contributed by atoms with E-state index >= 15 is 0 Å². The number of nitrogens with two attached hydrogens (primary N) is 1. The average molecular weight is 223 g/mol. The van der Waals surface area contributed by atoms with Crippen LogP contribution in [0.5, 0.6) is 0 Å². The van der Waals surface area contributed by atoms with Gasteiger partial charge in [0.05, 0.1) is 0 Å². The Morgan fingerprint density at radius 1 is 1.55 bits per heavy atom. The van der Waals surface area contributed by atoms with Crippen LogP contribution in [0.4, 0.5) is 4.79 Å². The molecule has 0 radical (unpaired) electrons. The van der Waals surface area contributed by atoms with Crippen LogP contribution in [0.3, 0.4) is 0 Å². The topological polar surface area (TPSA) is 101 Å². The molecule has 0 rings (SSSR count). The average Bonchev–Trinajstić information content (AvgIpc) is 1.91. The summed E-state index contributed by atoms with van der Waals surface area (Å²) >= 11 is 1.90. The van der Waals surface area contributed by atoms with E-state index in [2.05, 4.69) is 6.92 Å². The minimum atomic E-state index is -1.83. The van der Waals surface area contributed by atoms with Crippen molar-refractivity contribution in [2.75, 3.05) is 0 Å². The number of carbonyl (C=O) groups is 1. The molecule has 0 aliphatic heterocycles.